The van der Waals surface area contributed by atoms with E-state index < -0.39 is 40.2 Å². The molecule has 2 aromatic rings. The minimum absolute atomic E-state index is 0.0139. The molecule has 26 heavy (non-hydrogen) atoms. The van der Waals surface area contributed by atoms with E-state index in [2.05, 4.69) is 16.6 Å². The van der Waals surface area contributed by atoms with Crippen LogP contribution in [0.15, 0.2) is 41.2 Å². The average molecular weight is 407 g/mol. The van der Waals surface area contributed by atoms with Crippen molar-refractivity contribution >= 4 is 11.6 Å². The van der Waals surface area contributed by atoms with E-state index in [4.69, 9.17) is 0 Å². The Labute approximate surface area is 144 Å². The predicted octanol–water partition coefficient (Wildman–Crippen LogP) is 4.63. The lowest BCUT2D eigenvalue weighted by Gasteiger charge is -2.34. The lowest BCUT2D eigenvalue weighted by atomic mass is 10.0. The number of nitrogens with zero attached hydrogens (tertiary/aromatic N) is 1. The van der Waals surface area contributed by atoms with E-state index in [0.29, 0.717) is 0 Å². The first-order valence-electron chi connectivity index (χ1n) is 6.59. The van der Waals surface area contributed by atoms with Crippen molar-refractivity contribution in [3.05, 3.63) is 52.4 Å². The van der Waals surface area contributed by atoms with Gasteiger partial charge in [0, 0.05) is 11.6 Å². The molecule has 0 saturated heterocycles. The van der Waals surface area contributed by atoms with Crippen molar-refractivity contribution in [1.29, 1.82) is 0 Å². The molecule has 0 aliphatic carbocycles. The van der Waals surface area contributed by atoms with Crippen molar-refractivity contribution in [1.82, 2.24) is 9.97 Å². The van der Waals surface area contributed by atoms with Gasteiger partial charge in [0.05, 0.1) is 0 Å². The highest BCUT2D eigenvalue weighted by atomic mass is 35.5. The van der Waals surface area contributed by atoms with Crippen LogP contribution in [0.5, 0.6) is 0 Å². The normalized spacial score (nSPS) is 13.7. The molecule has 3 nitrogen and oxygen atoms in total. The SMILES string of the molecule is O=c1cc(C(F)(F)C(F)(F)C(F)(F)C(F)(F)Cl)nc(-c2ccccc2)[nH]1. The Hall–Kier alpha value is -2.17. The van der Waals surface area contributed by atoms with Crippen LogP contribution >= 0.6 is 11.6 Å². The van der Waals surface area contributed by atoms with Crippen molar-refractivity contribution in [2.24, 2.45) is 0 Å². The molecule has 1 aromatic heterocycles. The standard InChI is InChI=1S/C14H7ClF8N2O/c15-14(22,23)13(20,21)12(18,19)11(16,17)8-6-9(26)25-10(24-8)7-4-2-1-3-5-7/h1-6H,(H,24,25,26). The highest BCUT2D eigenvalue weighted by molar-refractivity contribution is 6.22. The lowest BCUT2D eigenvalue weighted by molar-refractivity contribution is -0.353. The van der Waals surface area contributed by atoms with Gasteiger partial charge in [-0.1, -0.05) is 30.3 Å². The van der Waals surface area contributed by atoms with Crippen LogP contribution in [0, 0.1) is 0 Å². The monoisotopic (exact) mass is 406 g/mol. The average Bonchev–Trinajstić information content (AvgIpc) is 2.53. The maximum absolute atomic E-state index is 14.0. The van der Waals surface area contributed by atoms with E-state index >= 15 is 0 Å². The van der Waals surface area contributed by atoms with Crippen molar-refractivity contribution in [2.45, 2.75) is 23.1 Å². The van der Waals surface area contributed by atoms with Gasteiger partial charge in [-0.05, 0) is 11.6 Å². The van der Waals surface area contributed by atoms with Gasteiger partial charge in [0.1, 0.15) is 11.5 Å². The number of aromatic amines is 1. The molecule has 0 aliphatic heterocycles. The Bertz CT molecular complexity index is 848. The van der Waals surface area contributed by atoms with Crippen LogP contribution in [0.4, 0.5) is 35.1 Å². The van der Waals surface area contributed by atoms with Gasteiger partial charge in [0.2, 0.25) is 0 Å². The summed E-state index contributed by atoms with van der Waals surface area (Å²) in [6, 6.07) is 6.58. The maximum atomic E-state index is 14.0. The van der Waals surface area contributed by atoms with E-state index in [9.17, 15) is 39.9 Å². The number of halogens is 9. The van der Waals surface area contributed by atoms with Gasteiger partial charge in [0.15, 0.2) is 0 Å². The zero-order valence-electron chi connectivity index (χ0n) is 12.2. The van der Waals surface area contributed by atoms with E-state index in [1.807, 2.05) is 4.98 Å². The molecule has 0 unspecified atom stereocenters. The molecule has 2 rings (SSSR count). The van der Waals surface area contributed by atoms with Crippen LogP contribution in [0.1, 0.15) is 5.69 Å². The van der Waals surface area contributed by atoms with Gasteiger partial charge in [-0.2, -0.15) is 35.1 Å². The summed E-state index contributed by atoms with van der Waals surface area (Å²) in [5.74, 6) is -19.9. The third-order valence-corrected chi connectivity index (χ3v) is 3.49. The third-order valence-electron chi connectivity index (χ3n) is 3.26. The predicted molar refractivity (Wildman–Crippen MR) is 74.9 cm³/mol. The van der Waals surface area contributed by atoms with E-state index in [0.717, 1.165) is 0 Å². The number of aromatic nitrogens is 2. The molecule has 1 aromatic carbocycles. The summed E-state index contributed by atoms with van der Waals surface area (Å²) in [7, 11) is 0. The fourth-order valence-electron chi connectivity index (χ4n) is 1.89. The summed E-state index contributed by atoms with van der Waals surface area (Å²) in [6.07, 6.45) is 0. The van der Waals surface area contributed by atoms with E-state index in [1.54, 1.807) is 0 Å². The van der Waals surface area contributed by atoms with Crippen LogP contribution in [0.25, 0.3) is 11.4 Å². The molecular formula is C14H7ClF8N2O. The third kappa shape index (κ3) is 3.15. The van der Waals surface area contributed by atoms with Crippen LogP contribution in [0.3, 0.4) is 0 Å². The number of alkyl halides is 9. The number of nitrogens with one attached hydrogen (secondary N) is 1. The Morgan fingerprint density at radius 3 is 1.92 bits per heavy atom. The van der Waals surface area contributed by atoms with Gasteiger partial charge in [-0.15, -0.1) is 0 Å². The molecule has 0 aliphatic rings. The molecule has 1 heterocycles. The van der Waals surface area contributed by atoms with Gasteiger partial charge in [-0.25, -0.2) is 4.98 Å². The van der Waals surface area contributed by atoms with Crippen LogP contribution < -0.4 is 5.56 Å². The van der Waals surface area contributed by atoms with Crippen molar-refractivity contribution in [3.63, 3.8) is 0 Å². The summed E-state index contributed by atoms with van der Waals surface area (Å²) in [6.45, 7) is 0. The molecule has 12 heteroatoms. The second kappa shape index (κ2) is 6.22. The highest BCUT2D eigenvalue weighted by Crippen LogP contribution is 2.56. The maximum Gasteiger partial charge on any atom is 0.393 e. The van der Waals surface area contributed by atoms with Crippen LogP contribution in [-0.2, 0) is 5.92 Å². The highest BCUT2D eigenvalue weighted by Gasteiger charge is 2.81. The minimum atomic E-state index is -6.65. The fraction of sp³-hybridized carbons (Fsp3) is 0.286. The van der Waals surface area contributed by atoms with Crippen molar-refractivity contribution in [2.75, 3.05) is 0 Å². The first-order chi connectivity index (χ1) is 11.7. The van der Waals surface area contributed by atoms with Gasteiger partial charge in [-0.3, -0.25) is 4.79 Å². The van der Waals surface area contributed by atoms with Gasteiger partial charge in [0.25, 0.3) is 5.56 Å². The fourth-order valence-corrected chi connectivity index (χ4v) is 2.01. The number of H-pyrrole nitrogens is 1. The van der Waals surface area contributed by atoms with E-state index in [1.165, 1.54) is 30.3 Å². The van der Waals surface area contributed by atoms with Gasteiger partial charge >= 0.3 is 23.1 Å². The largest absolute Gasteiger partial charge is 0.393 e. The van der Waals surface area contributed by atoms with Crippen molar-refractivity contribution in [3.8, 4) is 11.4 Å². The quantitative estimate of drug-likeness (QED) is 0.581. The zero-order chi connectivity index (χ0) is 20.0. The van der Waals surface area contributed by atoms with Crippen molar-refractivity contribution < 1.29 is 35.1 Å². The van der Waals surface area contributed by atoms with Gasteiger partial charge < -0.3 is 4.98 Å². The molecule has 0 spiro atoms. The molecule has 0 fully saturated rings. The van der Waals surface area contributed by atoms with Crippen LogP contribution in [-0.4, -0.2) is 27.2 Å². The Morgan fingerprint density at radius 1 is 0.885 bits per heavy atom. The summed E-state index contributed by atoms with van der Waals surface area (Å²) >= 11 is 3.88. The molecular weight excluding hydrogens is 400 g/mol. The molecule has 1 N–H and O–H groups in total. The molecule has 0 atom stereocenters. The minimum Gasteiger partial charge on any atom is -0.307 e. The molecule has 142 valence electrons. The zero-order valence-corrected chi connectivity index (χ0v) is 13.0. The number of benzene rings is 1. The first kappa shape index (κ1) is 20.1. The number of rotatable bonds is 5. The summed E-state index contributed by atoms with van der Waals surface area (Å²) in [5.41, 5.74) is -3.52. The lowest BCUT2D eigenvalue weighted by Crippen LogP contribution is -2.59. The second-order valence-electron chi connectivity index (χ2n) is 5.07. The first-order valence-corrected chi connectivity index (χ1v) is 6.97. The van der Waals surface area contributed by atoms with Crippen LogP contribution in [0.2, 0.25) is 0 Å². The number of hydrogen-bond acceptors (Lipinski definition) is 2. The second-order valence-corrected chi connectivity index (χ2v) is 5.54. The topological polar surface area (TPSA) is 45.8 Å². The molecule has 0 saturated carbocycles. The Balaban J connectivity index is 2.63. The Morgan fingerprint density at radius 2 is 1.42 bits per heavy atom. The molecule has 0 radical (unpaired) electrons. The summed E-state index contributed by atoms with van der Waals surface area (Å²) < 4.78 is 107. The molecule has 0 bridgehead atoms. The molecule has 0 amide bonds. The Kier molecular flexibility index (Phi) is 4.82. The smallest absolute Gasteiger partial charge is 0.307 e. The summed E-state index contributed by atoms with van der Waals surface area (Å²) in [4.78, 5) is 16.4. The summed E-state index contributed by atoms with van der Waals surface area (Å²) in [5, 5.41) is -5.98. The number of hydrogen-bond donors (Lipinski definition) is 1. The van der Waals surface area contributed by atoms with E-state index in [-0.39, 0.29) is 11.6 Å².